The highest BCUT2D eigenvalue weighted by Gasteiger charge is 2.33. The van der Waals surface area contributed by atoms with Crippen LogP contribution in [0.4, 0.5) is 0 Å². The molecular weight excluding hydrogens is 248 g/mol. The standard InChI is InChI=1S/C16H28N4/c1-2-5-13-6-3-4-9-19(13)15(10-17)16-11-18-12-20(16)14-7-8-14/h11-15H,2-10,17H2,1H3. The molecule has 0 aromatic carbocycles. The third-order valence-electron chi connectivity index (χ3n) is 4.90. The number of imidazole rings is 1. The molecule has 3 rings (SSSR count). The predicted molar refractivity (Wildman–Crippen MR) is 81.5 cm³/mol. The van der Waals surface area contributed by atoms with Crippen LogP contribution in [0, 0.1) is 0 Å². The van der Waals surface area contributed by atoms with E-state index < -0.39 is 0 Å². The lowest BCUT2D eigenvalue weighted by Crippen LogP contribution is -2.45. The molecule has 0 radical (unpaired) electrons. The predicted octanol–water partition coefficient (Wildman–Crippen LogP) is 2.87. The maximum Gasteiger partial charge on any atom is 0.0951 e. The number of nitrogens with two attached hydrogens (primary N) is 1. The van der Waals surface area contributed by atoms with Crippen molar-refractivity contribution in [3.05, 3.63) is 18.2 Å². The van der Waals surface area contributed by atoms with Crippen LogP contribution < -0.4 is 5.73 Å². The molecule has 1 saturated carbocycles. The zero-order valence-corrected chi connectivity index (χ0v) is 12.7. The Bertz CT molecular complexity index is 422. The molecule has 2 fully saturated rings. The van der Waals surface area contributed by atoms with Crippen LogP contribution in [0.25, 0.3) is 0 Å². The van der Waals surface area contributed by atoms with Gasteiger partial charge in [0.05, 0.1) is 18.1 Å². The molecule has 2 aliphatic rings. The van der Waals surface area contributed by atoms with Crippen molar-refractivity contribution in [1.29, 1.82) is 0 Å². The van der Waals surface area contributed by atoms with Gasteiger partial charge in [0.25, 0.3) is 0 Å². The first-order valence-corrected chi connectivity index (χ1v) is 8.32. The molecular formula is C16H28N4. The van der Waals surface area contributed by atoms with Crippen LogP contribution in [0.3, 0.4) is 0 Å². The molecule has 1 aliphatic heterocycles. The van der Waals surface area contributed by atoms with Crippen LogP contribution in [0.5, 0.6) is 0 Å². The Balaban J connectivity index is 1.81. The summed E-state index contributed by atoms with van der Waals surface area (Å²) in [5.74, 6) is 0. The quantitative estimate of drug-likeness (QED) is 0.869. The van der Waals surface area contributed by atoms with Gasteiger partial charge in [-0.25, -0.2) is 4.98 Å². The van der Waals surface area contributed by atoms with Crippen molar-refractivity contribution in [2.45, 2.75) is 70.0 Å². The van der Waals surface area contributed by atoms with E-state index in [4.69, 9.17) is 5.73 Å². The normalized spacial score (nSPS) is 25.8. The fourth-order valence-electron chi connectivity index (χ4n) is 3.73. The van der Waals surface area contributed by atoms with E-state index in [-0.39, 0.29) is 0 Å². The van der Waals surface area contributed by atoms with Gasteiger partial charge < -0.3 is 10.3 Å². The molecule has 1 aromatic heterocycles. The van der Waals surface area contributed by atoms with Crippen molar-refractivity contribution < 1.29 is 0 Å². The summed E-state index contributed by atoms with van der Waals surface area (Å²) in [7, 11) is 0. The first-order chi connectivity index (χ1) is 9.85. The Morgan fingerprint density at radius 2 is 2.20 bits per heavy atom. The van der Waals surface area contributed by atoms with Crippen LogP contribution >= 0.6 is 0 Å². The van der Waals surface area contributed by atoms with E-state index in [1.54, 1.807) is 0 Å². The third kappa shape index (κ3) is 2.77. The van der Waals surface area contributed by atoms with Crippen molar-refractivity contribution in [3.63, 3.8) is 0 Å². The highest BCUT2D eigenvalue weighted by Crippen LogP contribution is 2.38. The van der Waals surface area contributed by atoms with Crippen molar-refractivity contribution in [1.82, 2.24) is 14.5 Å². The largest absolute Gasteiger partial charge is 0.330 e. The topological polar surface area (TPSA) is 47.1 Å². The van der Waals surface area contributed by atoms with Crippen molar-refractivity contribution in [2.24, 2.45) is 5.73 Å². The van der Waals surface area contributed by atoms with E-state index in [9.17, 15) is 0 Å². The Morgan fingerprint density at radius 3 is 2.90 bits per heavy atom. The lowest BCUT2D eigenvalue weighted by atomic mass is 9.95. The van der Waals surface area contributed by atoms with Crippen molar-refractivity contribution >= 4 is 0 Å². The number of aromatic nitrogens is 2. The summed E-state index contributed by atoms with van der Waals surface area (Å²) in [6, 6.07) is 1.76. The molecule has 2 atom stereocenters. The fraction of sp³-hybridized carbons (Fsp3) is 0.812. The molecule has 1 aliphatic carbocycles. The summed E-state index contributed by atoms with van der Waals surface area (Å²) in [5, 5.41) is 0. The van der Waals surface area contributed by atoms with Gasteiger partial charge in [0.15, 0.2) is 0 Å². The number of likely N-dealkylation sites (tertiary alicyclic amines) is 1. The minimum absolute atomic E-state index is 0.356. The van der Waals surface area contributed by atoms with Crippen LogP contribution in [0.15, 0.2) is 12.5 Å². The molecule has 4 nitrogen and oxygen atoms in total. The molecule has 1 saturated heterocycles. The molecule has 2 heterocycles. The van der Waals surface area contributed by atoms with Gasteiger partial charge in [0.1, 0.15) is 0 Å². The lowest BCUT2D eigenvalue weighted by molar-refractivity contribution is 0.0873. The van der Waals surface area contributed by atoms with Gasteiger partial charge in [-0.2, -0.15) is 0 Å². The van der Waals surface area contributed by atoms with Gasteiger partial charge in [-0.05, 0) is 38.6 Å². The first kappa shape index (κ1) is 14.1. The molecule has 1 aromatic rings. The summed E-state index contributed by atoms with van der Waals surface area (Å²) in [5.41, 5.74) is 7.51. The Morgan fingerprint density at radius 1 is 1.35 bits per heavy atom. The second kappa shape index (κ2) is 6.27. The van der Waals surface area contributed by atoms with Gasteiger partial charge in [-0.1, -0.05) is 19.8 Å². The first-order valence-electron chi connectivity index (χ1n) is 8.32. The zero-order valence-electron chi connectivity index (χ0n) is 12.7. The van der Waals surface area contributed by atoms with E-state index in [1.807, 2.05) is 12.5 Å². The van der Waals surface area contributed by atoms with Crippen LogP contribution in [0.2, 0.25) is 0 Å². The van der Waals surface area contributed by atoms with Gasteiger partial charge in [0.2, 0.25) is 0 Å². The van der Waals surface area contributed by atoms with Gasteiger partial charge in [-0.3, -0.25) is 4.90 Å². The number of hydrogen-bond donors (Lipinski definition) is 1. The summed E-state index contributed by atoms with van der Waals surface area (Å²) < 4.78 is 2.38. The Hall–Kier alpha value is -0.870. The van der Waals surface area contributed by atoms with Crippen molar-refractivity contribution in [3.8, 4) is 0 Å². The second-order valence-electron chi connectivity index (χ2n) is 6.38. The molecule has 112 valence electrons. The van der Waals surface area contributed by atoms with Crippen LogP contribution in [0.1, 0.15) is 69.6 Å². The number of nitrogens with zero attached hydrogens (tertiary/aromatic N) is 3. The number of piperidine rings is 1. The van der Waals surface area contributed by atoms with E-state index in [0.29, 0.717) is 24.7 Å². The average molecular weight is 276 g/mol. The summed E-state index contributed by atoms with van der Waals surface area (Å²) in [4.78, 5) is 7.07. The Labute approximate surface area is 122 Å². The lowest BCUT2D eigenvalue weighted by Gasteiger charge is -2.41. The third-order valence-corrected chi connectivity index (χ3v) is 4.90. The van der Waals surface area contributed by atoms with Crippen molar-refractivity contribution in [2.75, 3.05) is 13.1 Å². The highest BCUT2D eigenvalue weighted by atomic mass is 15.2. The molecule has 2 unspecified atom stereocenters. The van der Waals surface area contributed by atoms with Crippen LogP contribution in [-0.4, -0.2) is 33.6 Å². The molecule has 0 bridgehead atoms. The molecule has 0 amide bonds. The molecule has 0 spiro atoms. The smallest absolute Gasteiger partial charge is 0.0951 e. The number of rotatable bonds is 6. The van der Waals surface area contributed by atoms with E-state index in [2.05, 4.69) is 21.4 Å². The van der Waals surface area contributed by atoms with Gasteiger partial charge in [0, 0.05) is 24.8 Å². The average Bonchev–Trinajstić information content (AvgIpc) is 3.21. The molecule has 4 heteroatoms. The molecule has 20 heavy (non-hydrogen) atoms. The highest BCUT2D eigenvalue weighted by molar-refractivity contribution is 5.11. The Kier molecular flexibility index (Phi) is 4.41. The van der Waals surface area contributed by atoms with E-state index in [0.717, 1.165) is 0 Å². The number of hydrogen-bond acceptors (Lipinski definition) is 3. The van der Waals surface area contributed by atoms with E-state index >= 15 is 0 Å². The summed E-state index contributed by atoms with van der Waals surface area (Å²) in [6.45, 7) is 4.19. The SMILES string of the molecule is CCCC1CCCCN1C(CN)c1cncn1C1CC1. The minimum Gasteiger partial charge on any atom is -0.330 e. The maximum atomic E-state index is 6.16. The summed E-state index contributed by atoms with van der Waals surface area (Å²) >= 11 is 0. The van der Waals surface area contributed by atoms with E-state index in [1.165, 1.54) is 57.2 Å². The molecule has 2 N–H and O–H groups in total. The monoisotopic (exact) mass is 276 g/mol. The zero-order chi connectivity index (χ0) is 13.9. The van der Waals surface area contributed by atoms with Gasteiger partial charge in [-0.15, -0.1) is 0 Å². The van der Waals surface area contributed by atoms with Crippen LogP contribution in [-0.2, 0) is 0 Å². The van der Waals surface area contributed by atoms with Gasteiger partial charge >= 0.3 is 0 Å². The fourth-order valence-corrected chi connectivity index (χ4v) is 3.73. The second-order valence-corrected chi connectivity index (χ2v) is 6.38. The minimum atomic E-state index is 0.356. The maximum absolute atomic E-state index is 6.16. The summed E-state index contributed by atoms with van der Waals surface area (Å²) in [6.07, 6.45) is 13.3.